The lowest BCUT2D eigenvalue weighted by atomic mass is 10.1. The van der Waals surface area contributed by atoms with Crippen LogP contribution in [0.5, 0.6) is 5.75 Å². The largest absolute Gasteiger partial charge is 0.496 e. The first-order valence-corrected chi connectivity index (χ1v) is 10.8. The Morgan fingerprint density at radius 3 is 2.84 bits per heavy atom. The van der Waals surface area contributed by atoms with E-state index in [1.165, 1.54) is 23.5 Å². The molecular weight excluding hydrogens is 421 g/mol. The number of rotatable bonds is 5. The molecule has 31 heavy (non-hydrogen) atoms. The molecule has 9 heteroatoms. The predicted molar refractivity (Wildman–Crippen MR) is 115 cm³/mol. The molecule has 0 saturated carbocycles. The predicted octanol–water partition coefficient (Wildman–Crippen LogP) is 5.72. The molecule has 1 saturated heterocycles. The number of ether oxygens (including phenoxy) is 3. The average molecular weight is 448 g/mol. The normalized spacial score (nSPS) is 19.0. The van der Waals surface area contributed by atoms with Crippen LogP contribution in [0, 0.1) is 12.4 Å². The summed E-state index contributed by atoms with van der Waals surface area (Å²) in [5.41, 5.74) is 0.281. The maximum atomic E-state index is 13.6. The van der Waals surface area contributed by atoms with Gasteiger partial charge in [-0.3, -0.25) is 9.88 Å². The number of carbonyl (C=O) groups is 1. The Bertz CT molecular complexity index is 966. The molecule has 2 aromatic rings. The highest BCUT2D eigenvalue weighted by Gasteiger charge is 2.46. The van der Waals surface area contributed by atoms with Gasteiger partial charge in [0.1, 0.15) is 29.0 Å². The molecule has 0 aliphatic carbocycles. The van der Waals surface area contributed by atoms with Gasteiger partial charge in [-0.05, 0) is 52.8 Å². The summed E-state index contributed by atoms with van der Waals surface area (Å²) in [5, 5.41) is 0. The molecule has 3 rings (SSSR count). The van der Waals surface area contributed by atoms with Crippen molar-refractivity contribution in [1.82, 2.24) is 9.88 Å². The van der Waals surface area contributed by atoms with Crippen LogP contribution in [0.2, 0.25) is 0 Å². The Hall–Kier alpha value is -2.70. The molecule has 2 heterocycles. The van der Waals surface area contributed by atoms with Crippen LogP contribution in [0.25, 0.3) is 4.85 Å². The van der Waals surface area contributed by atoms with Crippen molar-refractivity contribution in [1.29, 1.82) is 0 Å². The summed E-state index contributed by atoms with van der Waals surface area (Å²) >= 11 is 1.41. The lowest BCUT2D eigenvalue weighted by Crippen LogP contribution is -2.50. The van der Waals surface area contributed by atoms with Crippen LogP contribution in [-0.2, 0) is 9.47 Å². The van der Waals surface area contributed by atoms with Crippen LogP contribution in [0.4, 0.5) is 14.9 Å². The van der Waals surface area contributed by atoms with Gasteiger partial charge in [-0.25, -0.2) is 14.0 Å². The molecule has 166 valence electrons. The molecule has 2 atom stereocenters. The van der Waals surface area contributed by atoms with Gasteiger partial charge < -0.3 is 14.2 Å². The quantitative estimate of drug-likeness (QED) is 0.549. The fourth-order valence-electron chi connectivity index (χ4n) is 3.42. The number of aromatic nitrogens is 1. The highest BCUT2D eigenvalue weighted by molar-refractivity contribution is 7.09. The minimum absolute atomic E-state index is 0.0847. The van der Waals surface area contributed by atoms with Crippen molar-refractivity contribution in [3.63, 3.8) is 0 Å². The number of hydrogen-bond acceptors (Lipinski definition) is 6. The number of amides is 1. The van der Waals surface area contributed by atoms with Gasteiger partial charge in [-0.15, -0.1) is 11.3 Å². The molecule has 1 amide bonds. The van der Waals surface area contributed by atoms with Crippen molar-refractivity contribution in [2.24, 2.45) is 0 Å². The SMILES string of the molecule is [C-]#[N+]c1cc(F)ccc1O[C@H](CC1COC(C)(C)N1C(=O)OC(C)(C)C)c1cncs1. The molecule has 1 aromatic carbocycles. The molecule has 0 bridgehead atoms. The molecule has 0 spiro atoms. The Morgan fingerprint density at radius 2 is 2.23 bits per heavy atom. The smallest absolute Gasteiger partial charge is 0.412 e. The van der Waals surface area contributed by atoms with E-state index in [4.69, 9.17) is 20.8 Å². The number of benzene rings is 1. The zero-order valence-corrected chi connectivity index (χ0v) is 19.0. The van der Waals surface area contributed by atoms with Crippen molar-refractivity contribution in [3.05, 3.63) is 52.0 Å². The molecule has 1 aliphatic rings. The second-order valence-electron chi connectivity index (χ2n) is 8.73. The van der Waals surface area contributed by atoms with Gasteiger partial charge in [0.15, 0.2) is 0 Å². The lowest BCUT2D eigenvalue weighted by Gasteiger charge is -2.36. The summed E-state index contributed by atoms with van der Waals surface area (Å²) in [4.78, 5) is 22.9. The Morgan fingerprint density at radius 1 is 1.48 bits per heavy atom. The number of carbonyl (C=O) groups excluding carboxylic acids is 1. The highest BCUT2D eigenvalue weighted by atomic mass is 32.1. The highest BCUT2D eigenvalue weighted by Crippen LogP contribution is 2.38. The summed E-state index contributed by atoms with van der Waals surface area (Å²) in [7, 11) is 0. The van der Waals surface area contributed by atoms with E-state index in [0.29, 0.717) is 13.0 Å². The van der Waals surface area contributed by atoms with Crippen molar-refractivity contribution in [2.45, 2.75) is 64.5 Å². The molecule has 1 aliphatic heterocycles. The minimum Gasteiger partial charge on any atom is -0.496 e. The number of nitrogens with zero attached hydrogens (tertiary/aromatic N) is 3. The van der Waals surface area contributed by atoms with Gasteiger partial charge in [0.2, 0.25) is 5.69 Å². The van der Waals surface area contributed by atoms with E-state index in [2.05, 4.69) is 9.83 Å². The first-order chi connectivity index (χ1) is 14.5. The monoisotopic (exact) mass is 447 g/mol. The topological polar surface area (TPSA) is 65.2 Å². The van der Waals surface area contributed by atoms with E-state index in [9.17, 15) is 9.18 Å². The summed E-state index contributed by atoms with van der Waals surface area (Å²) in [6, 6.07) is 3.51. The second-order valence-corrected chi connectivity index (χ2v) is 9.65. The van der Waals surface area contributed by atoms with E-state index >= 15 is 0 Å². The van der Waals surface area contributed by atoms with Crippen LogP contribution < -0.4 is 4.74 Å². The minimum atomic E-state index is -0.844. The van der Waals surface area contributed by atoms with Crippen LogP contribution in [-0.4, -0.2) is 40.0 Å². The number of hydrogen-bond donors (Lipinski definition) is 0. The Balaban J connectivity index is 1.88. The van der Waals surface area contributed by atoms with E-state index in [1.54, 1.807) is 16.6 Å². The van der Waals surface area contributed by atoms with E-state index in [-0.39, 0.29) is 17.5 Å². The van der Waals surface area contributed by atoms with Crippen molar-refractivity contribution < 1.29 is 23.4 Å². The average Bonchev–Trinajstić information content (AvgIpc) is 3.28. The molecule has 7 nitrogen and oxygen atoms in total. The maximum absolute atomic E-state index is 13.6. The molecule has 1 fully saturated rings. The summed E-state index contributed by atoms with van der Waals surface area (Å²) in [6.07, 6.45) is 1.10. The lowest BCUT2D eigenvalue weighted by molar-refractivity contribution is -0.0635. The third-order valence-electron chi connectivity index (χ3n) is 4.73. The van der Waals surface area contributed by atoms with E-state index < -0.39 is 29.3 Å². The van der Waals surface area contributed by atoms with Gasteiger partial charge in [0, 0.05) is 12.6 Å². The van der Waals surface area contributed by atoms with Crippen molar-refractivity contribution in [2.75, 3.05) is 6.61 Å². The van der Waals surface area contributed by atoms with Crippen molar-refractivity contribution in [3.8, 4) is 5.75 Å². The van der Waals surface area contributed by atoms with Gasteiger partial charge in [-0.1, -0.05) is 0 Å². The molecule has 1 aromatic heterocycles. The fraction of sp³-hybridized carbons (Fsp3) is 0.500. The summed E-state index contributed by atoms with van der Waals surface area (Å²) in [6.45, 7) is 16.7. The fourth-order valence-corrected chi connectivity index (χ4v) is 4.08. The van der Waals surface area contributed by atoms with Gasteiger partial charge in [-0.2, -0.15) is 0 Å². The Kier molecular flexibility index (Phi) is 6.53. The van der Waals surface area contributed by atoms with Crippen LogP contribution in [0.1, 0.15) is 52.0 Å². The van der Waals surface area contributed by atoms with E-state index in [1.807, 2.05) is 34.6 Å². The zero-order valence-electron chi connectivity index (χ0n) is 18.2. The number of halogens is 1. The molecule has 1 unspecified atom stereocenters. The van der Waals surface area contributed by atoms with Gasteiger partial charge in [0.05, 0.1) is 29.6 Å². The van der Waals surface area contributed by atoms with Crippen LogP contribution in [0.15, 0.2) is 29.9 Å². The standard InChI is InChI=1S/C22H26FN3O4S/c1-21(2,3)30-20(27)26-15(12-28-22(26,4)5)10-18(19-11-25-13-31-19)29-17-8-7-14(23)9-16(17)24-6/h7-9,11,13,15,18H,10,12H2,1-5H3/t15?,18-/m1/s1. The summed E-state index contributed by atoms with van der Waals surface area (Å²) < 4.78 is 31.2. The number of thiazole rings is 1. The first kappa shape index (κ1) is 23.0. The Labute approximate surface area is 185 Å². The molecule has 0 N–H and O–H groups in total. The van der Waals surface area contributed by atoms with Crippen LogP contribution >= 0.6 is 11.3 Å². The van der Waals surface area contributed by atoms with Crippen molar-refractivity contribution >= 4 is 23.1 Å². The second kappa shape index (κ2) is 8.81. The summed E-state index contributed by atoms with van der Waals surface area (Å²) in [5.74, 6) is -0.230. The van der Waals surface area contributed by atoms with E-state index in [0.717, 1.165) is 10.9 Å². The third-order valence-corrected chi connectivity index (χ3v) is 5.60. The third kappa shape index (κ3) is 5.51. The van der Waals surface area contributed by atoms with Gasteiger partial charge >= 0.3 is 6.09 Å². The van der Waals surface area contributed by atoms with Gasteiger partial charge in [0.25, 0.3) is 0 Å². The first-order valence-electron chi connectivity index (χ1n) is 9.88. The maximum Gasteiger partial charge on any atom is 0.412 e. The molecular formula is C22H26FN3O4S. The zero-order chi connectivity index (χ0) is 22.8. The van der Waals surface area contributed by atoms with Crippen LogP contribution in [0.3, 0.4) is 0 Å². The molecule has 0 radical (unpaired) electrons.